The fourth-order valence-corrected chi connectivity index (χ4v) is 3.86. The summed E-state index contributed by atoms with van der Waals surface area (Å²) in [7, 11) is 1.96. The third-order valence-corrected chi connectivity index (χ3v) is 5.73. The zero-order chi connectivity index (χ0) is 19.7. The minimum atomic E-state index is -0.276. The molecule has 2 aromatic carbocycles. The Balaban J connectivity index is 1.54. The molecule has 4 nitrogen and oxygen atoms in total. The molecule has 0 radical (unpaired) electrons. The number of aromatic nitrogens is 2. The molecule has 2 aromatic heterocycles. The fourth-order valence-electron chi connectivity index (χ4n) is 2.95. The molecule has 2 heterocycles. The first-order chi connectivity index (χ1) is 13.5. The molecule has 140 valence electrons. The smallest absolute Gasteiger partial charge is 0.265 e. The van der Waals surface area contributed by atoms with Gasteiger partial charge in [0.25, 0.3) is 5.91 Å². The van der Waals surface area contributed by atoms with Crippen LogP contribution in [0.5, 0.6) is 0 Å². The summed E-state index contributed by atoms with van der Waals surface area (Å²) in [5.41, 5.74) is 3.58. The Labute approximate surface area is 166 Å². The van der Waals surface area contributed by atoms with Gasteiger partial charge in [0.15, 0.2) is 0 Å². The van der Waals surface area contributed by atoms with E-state index in [4.69, 9.17) is 0 Å². The van der Waals surface area contributed by atoms with Crippen LogP contribution in [0.25, 0.3) is 21.7 Å². The fraction of sp³-hybridized carbons (Fsp3) is 0.0909. The number of halogens is 1. The summed E-state index contributed by atoms with van der Waals surface area (Å²) in [6.07, 6.45) is 1.82. The molecule has 28 heavy (non-hydrogen) atoms. The molecule has 4 aromatic rings. The van der Waals surface area contributed by atoms with E-state index in [1.165, 1.54) is 23.5 Å². The molecule has 0 aliphatic rings. The molecular weight excluding hydrogens is 373 g/mol. The van der Waals surface area contributed by atoms with E-state index in [-0.39, 0.29) is 11.7 Å². The van der Waals surface area contributed by atoms with Crippen molar-refractivity contribution in [2.75, 3.05) is 5.32 Å². The SMILES string of the molecule is Cc1ncc(-c2cccc(NC(=O)c3ccc(-c4ccc(F)cc4)s3)c2)n1C. The Morgan fingerprint density at radius 1 is 1.07 bits per heavy atom. The highest BCUT2D eigenvalue weighted by atomic mass is 32.1. The minimum Gasteiger partial charge on any atom is -0.331 e. The van der Waals surface area contributed by atoms with Crippen LogP contribution in [-0.4, -0.2) is 15.5 Å². The lowest BCUT2D eigenvalue weighted by atomic mass is 10.1. The van der Waals surface area contributed by atoms with Gasteiger partial charge < -0.3 is 9.88 Å². The second-order valence-corrected chi connectivity index (χ2v) is 7.54. The molecule has 0 aliphatic heterocycles. The monoisotopic (exact) mass is 391 g/mol. The summed E-state index contributed by atoms with van der Waals surface area (Å²) >= 11 is 1.38. The number of hydrogen-bond acceptors (Lipinski definition) is 3. The number of hydrogen-bond donors (Lipinski definition) is 1. The molecule has 0 saturated heterocycles. The van der Waals surface area contributed by atoms with E-state index in [0.717, 1.165) is 33.2 Å². The molecule has 0 bridgehead atoms. The lowest BCUT2D eigenvalue weighted by Gasteiger charge is -2.08. The van der Waals surface area contributed by atoms with E-state index < -0.39 is 0 Å². The van der Waals surface area contributed by atoms with E-state index in [9.17, 15) is 9.18 Å². The molecule has 0 saturated carbocycles. The number of nitrogens with zero attached hydrogens (tertiary/aromatic N) is 2. The van der Waals surface area contributed by atoms with Crippen molar-refractivity contribution < 1.29 is 9.18 Å². The molecular formula is C22H18FN3OS. The molecule has 0 spiro atoms. The number of aryl methyl sites for hydroxylation is 1. The standard InChI is InChI=1S/C22H18FN3OS/c1-14-24-13-19(26(14)2)16-4-3-5-18(12-16)25-22(27)21-11-10-20(28-21)15-6-8-17(23)9-7-15/h3-13H,1-2H3,(H,25,27). The highest BCUT2D eigenvalue weighted by molar-refractivity contribution is 7.17. The Morgan fingerprint density at radius 3 is 2.57 bits per heavy atom. The average molecular weight is 391 g/mol. The molecule has 0 fully saturated rings. The largest absolute Gasteiger partial charge is 0.331 e. The van der Waals surface area contributed by atoms with Crippen LogP contribution in [0.3, 0.4) is 0 Å². The van der Waals surface area contributed by atoms with Crippen LogP contribution in [0, 0.1) is 12.7 Å². The van der Waals surface area contributed by atoms with Crippen LogP contribution in [0.4, 0.5) is 10.1 Å². The number of nitrogens with one attached hydrogen (secondary N) is 1. The number of carbonyl (C=O) groups excluding carboxylic acids is 1. The normalized spacial score (nSPS) is 10.8. The quantitative estimate of drug-likeness (QED) is 0.498. The maximum atomic E-state index is 13.1. The first kappa shape index (κ1) is 18.1. The predicted octanol–water partition coefficient (Wildman–Crippen LogP) is 5.52. The molecule has 0 unspecified atom stereocenters. The van der Waals surface area contributed by atoms with Gasteiger partial charge in [-0.15, -0.1) is 11.3 Å². The van der Waals surface area contributed by atoms with Gasteiger partial charge in [0.1, 0.15) is 11.6 Å². The molecule has 6 heteroatoms. The van der Waals surface area contributed by atoms with Crippen LogP contribution in [0.2, 0.25) is 0 Å². The zero-order valence-electron chi connectivity index (χ0n) is 15.4. The van der Waals surface area contributed by atoms with Gasteiger partial charge in [0, 0.05) is 23.2 Å². The van der Waals surface area contributed by atoms with Crippen molar-refractivity contribution in [3.05, 3.63) is 83.4 Å². The number of benzene rings is 2. The van der Waals surface area contributed by atoms with Crippen molar-refractivity contribution in [3.8, 4) is 21.7 Å². The highest BCUT2D eigenvalue weighted by Crippen LogP contribution is 2.29. The Bertz CT molecular complexity index is 1140. The number of imidazole rings is 1. The first-order valence-electron chi connectivity index (χ1n) is 8.77. The van der Waals surface area contributed by atoms with Gasteiger partial charge in [-0.1, -0.05) is 24.3 Å². The number of anilines is 1. The number of carbonyl (C=O) groups is 1. The van der Waals surface area contributed by atoms with Gasteiger partial charge >= 0.3 is 0 Å². The summed E-state index contributed by atoms with van der Waals surface area (Å²) < 4.78 is 15.1. The third kappa shape index (κ3) is 3.59. The van der Waals surface area contributed by atoms with Gasteiger partial charge in [-0.3, -0.25) is 4.79 Å². The van der Waals surface area contributed by atoms with Gasteiger partial charge in [0.2, 0.25) is 0 Å². The summed E-state index contributed by atoms with van der Waals surface area (Å²) in [5, 5.41) is 2.95. The lowest BCUT2D eigenvalue weighted by molar-refractivity contribution is 0.103. The number of amides is 1. The van der Waals surface area contributed by atoms with E-state index in [0.29, 0.717) is 4.88 Å². The van der Waals surface area contributed by atoms with Crippen LogP contribution < -0.4 is 5.32 Å². The van der Waals surface area contributed by atoms with E-state index in [1.54, 1.807) is 18.2 Å². The van der Waals surface area contributed by atoms with Crippen molar-refractivity contribution in [1.29, 1.82) is 0 Å². The molecule has 0 aliphatic carbocycles. The predicted molar refractivity (Wildman–Crippen MR) is 111 cm³/mol. The van der Waals surface area contributed by atoms with E-state index in [2.05, 4.69) is 10.3 Å². The summed E-state index contributed by atoms with van der Waals surface area (Å²) in [6, 6.07) is 17.6. The molecule has 1 N–H and O–H groups in total. The van der Waals surface area contributed by atoms with Crippen molar-refractivity contribution in [2.24, 2.45) is 7.05 Å². The summed E-state index contributed by atoms with van der Waals surface area (Å²) in [5.74, 6) is 0.481. The summed E-state index contributed by atoms with van der Waals surface area (Å²) in [4.78, 5) is 18.5. The van der Waals surface area contributed by atoms with E-state index in [1.807, 2.05) is 55.1 Å². The maximum Gasteiger partial charge on any atom is 0.265 e. The Kier molecular flexibility index (Phi) is 4.79. The Hall–Kier alpha value is -3.25. The average Bonchev–Trinajstić information content (AvgIpc) is 3.31. The second kappa shape index (κ2) is 7.40. The van der Waals surface area contributed by atoms with Gasteiger partial charge in [-0.05, 0) is 48.9 Å². The van der Waals surface area contributed by atoms with Crippen molar-refractivity contribution >= 4 is 22.9 Å². The zero-order valence-corrected chi connectivity index (χ0v) is 16.3. The van der Waals surface area contributed by atoms with Gasteiger partial charge in [-0.2, -0.15) is 0 Å². The van der Waals surface area contributed by atoms with Crippen molar-refractivity contribution in [1.82, 2.24) is 9.55 Å². The minimum absolute atomic E-state index is 0.170. The number of thiophene rings is 1. The van der Waals surface area contributed by atoms with Gasteiger partial charge in [0.05, 0.1) is 16.8 Å². The van der Waals surface area contributed by atoms with Crippen LogP contribution >= 0.6 is 11.3 Å². The third-order valence-electron chi connectivity index (χ3n) is 4.60. The first-order valence-corrected chi connectivity index (χ1v) is 9.59. The molecule has 1 amide bonds. The van der Waals surface area contributed by atoms with E-state index >= 15 is 0 Å². The maximum absolute atomic E-state index is 13.1. The number of rotatable bonds is 4. The van der Waals surface area contributed by atoms with Gasteiger partial charge in [-0.25, -0.2) is 9.37 Å². The topological polar surface area (TPSA) is 46.9 Å². The van der Waals surface area contributed by atoms with Crippen molar-refractivity contribution in [3.63, 3.8) is 0 Å². The molecule has 0 atom stereocenters. The van der Waals surface area contributed by atoms with Crippen LogP contribution in [0.1, 0.15) is 15.5 Å². The lowest BCUT2D eigenvalue weighted by Crippen LogP contribution is -2.10. The Morgan fingerprint density at radius 2 is 1.86 bits per heavy atom. The second-order valence-electron chi connectivity index (χ2n) is 6.46. The highest BCUT2D eigenvalue weighted by Gasteiger charge is 2.12. The molecule has 4 rings (SSSR count). The van der Waals surface area contributed by atoms with Crippen molar-refractivity contribution in [2.45, 2.75) is 6.92 Å². The summed E-state index contributed by atoms with van der Waals surface area (Å²) in [6.45, 7) is 1.95. The van der Waals surface area contributed by atoms with Crippen LogP contribution in [-0.2, 0) is 7.05 Å². The van der Waals surface area contributed by atoms with Crippen LogP contribution in [0.15, 0.2) is 66.9 Å².